The highest BCUT2D eigenvalue weighted by molar-refractivity contribution is 6.30. The van der Waals surface area contributed by atoms with Crippen LogP contribution in [0.2, 0.25) is 5.02 Å². The molecule has 0 unspecified atom stereocenters. The number of rotatable bonds is 6. The number of hydrogen-bond acceptors (Lipinski definition) is 2. The lowest BCUT2D eigenvalue weighted by atomic mass is 10.0. The maximum Gasteiger partial charge on any atom is 0.125 e. The molecule has 3 aromatic rings. The summed E-state index contributed by atoms with van der Waals surface area (Å²) in [5.74, 6) is 0.825. The maximum atomic E-state index is 6.20. The molecule has 0 N–H and O–H groups in total. The highest BCUT2D eigenvalue weighted by Gasteiger charge is 2.14. The van der Waals surface area contributed by atoms with Crippen molar-refractivity contribution >= 4 is 11.6 Å². The summed E-state index contributed by atoms with van der Waals surface area (Å²) in [6, 6.07) is 16.0. The second kappa shape index (κ2) is 7.34. The Balaban J connectivity index is 1.77. The largest absolute Gasteiger partial charge is 0.486 e. The van der Waals surface area contributed by atoms with Crippen LogP contribution in [0, 0.1) is 6.92 Å². The first-order chi connectivity index (χ1) is 11.2. The molecule has 0 aliphatic rings. The fraction of sp³-hybridized carbons (Fsp3) is 0.211. The quantitative estimate of drug-likeness (QED) is 0.633. The van der Waals surface area contributed by atoms with E-state index in [0.717, 1.165) is 18.7 Å². The normalized spacial score (nSPS) is 12.1. The predicted octanol–water partition coefficient (Wildman–Crippen LogP) is 5.06. The Morgan fingerprint density at radius 3 is 2.48 bits per heavy atom. The molecule has 0 aliphatic heterocycles. The lowest BCUT2D eigenvalue weighted by Gasteiger charge is -2.20. The van der Waals surface area contributed by atoms with Crippen LogP contribution in [0.3, 0.4) is 0 Å². The predicted molar refractivity (Wildman–Crippen MR) is 92.8 cm³/mol. The van der Waals surface area contributed by atoms with Crippen molar-refractivity contribution in [1.82, 2.24) is 9.55 Å². The fourth-order valence-corrected chi connectivity index (χ4v) is 2.56. The van der Waals surface area contributed by atoms with E-state index >= 15 is 0 Å². The molecule has 0 spiro atoms. The number of aromatic nitrogens is 2. The van der Waals surface area contributed by atoms with Gasteiger partial charge in [0.15, 0.2) is 0 Å². The van der Waals surface area contributed by atoms with Crippen molar-refractivity contribution in [2.24, 2.45) is 0 Å². The van der Waals surface area contributed by atoms with Gasteiger partial charge in [0, 0.05) is 30.4 Å². The lowest BCUT2D eigenvalue weighted by Crippen LogP contribution is -2.11. The average molecular weight is 327 g/mol. The van der Waals surface area contributed by atoms with Crippen LogP contribution in [0.15, 0.2) is 67.3 Å². The zero-order valence-corrected chi connectivity index (χ0v) is 13.8. The maximum absolute atomic E-state index is 6.20. The summed E-state index contributed by atoms with van der Waals surface area (Å²) in [6.45, 7) is 2.94. The molecule has 0 saturated heterocycles. The summed E-state index contributed by atoms with van der Waals surface area (Å²) >= 11 is 5.95. The van der Waals surface area contributed by atoms with Crippen molar-refractivity contribution in [3.05, 3.63) is 83.4 Å². The number of nitrogens with zero attached hydrogens (tertiary/aromatic N) is 2. The molecule has 118 valence electrons. The number of aryl methyl sites for hydroxylation is 2. The highest BCUT2D eigenvalue weighted by Crippen LogP contribution is 2.26. The molecule has 2 aromatic carbocycles. The van der Waals surface area contributed by atoms with E-state index in [2.05, 4.69) is 40.7 Å². The van der Waals surface area contributed by atoms with E-state index < -0.39 is 0 Å². The molecular formula is C19H19ClN2O. The van der Waals surface area contributed by atoms with Crippen LogP contribution >= 0.6 is 11.6 Å². The lowest BCUT2D eigenvalue weighted by molar-refractivity contribution is 0.188. The molecule has 0 bridgehead atoms. The van der Waals surface area contributed by atoms with E-state index in [1.165, 1.54) is 11.1 Å². The fourth-order valence-electron chi connectivity index (χ4n) is 2.44. The molecule has 1 atom stereocenters. The summed E-state index contributed by atoms with van der Waals surface area (Å²) < 4.78 is 8.26. The van der Waals surface area contributed by atoms with Gasteiger partial charge in [0.05, 0.1) is 6.33 Å². The molecule has 3 rings (SSSR count). The van der Waals surface area contributed by atoms with Gasteiger partial charge in [-0.05, 0) is 36.8 Å². The summed E-state index contributed by atoms with van der Waals surface area (Å²) in [5, 5.41) is 0.711. The second-order valence-electron chi connectivity index (χ2n) is 5.56. The molecule has 1 heterocycles. The third kappa shape index (κ3) is 4.36. The first-order valence-corrected chi connectivity index (χ1v) is 8.03. The standard InChI is InChI=1S/C19H19ClN2O/c1-15-2-4-16(5-3-15)19(10-12-22-13-11-21-14-22)23-18-8-6-17(20)7-9-18/h2-9,11,13-14,19H,10,12H2,1H3/t19-/m1/s1. The molecule has 0 amide bonds. The first kappa shape index (κ1) is 15.6. The molecule has 0 radical (unpaired) electrons. The van der Waals surface area contributed by atoms with Crippen LogP contribution in [-0.4, -0.2) is 9.55 Å². The van der Waals surface area contributed by atoms with Gasteiger partial charge in [0.1, 0.15) is 11.9 Å². The summed E-state index contributed by atoms with van der Waals surface area (Å²) in [7, 11) is 0. The molecular weight excluding hydrogens is 308 g/mol. The number of halogens is 1. The van der Waals surface area contributed by atoms with Gasteiger partial charge in [-0.3, -0.25) is 0 Å². The van der Waals surface area contributed by atoms with Crippen molar-refractivity contribution in [3.63, 3.8) is 0 Å². The monoisotopic (exact) mass is 326 g/mol. The summed E-state index contributed by atoms with van der Waals surface area (Å²) in [5.41, 5.74) is 2.42. The second-order valence-corrected chi connectivity index (χ2v) is 6.00. The van der Waals surface area contributed by atoms with Crippen LogP contribution in [0.5, 0.6) is 5.75 Å². The van der Waals surface area contributed by atoms with Crippen molar-refractivity contribution < 1.29 is 4.74 Å². The van der Waals surface area contributed by atoms with Crippen molar-refractivity contribution in [1.29, 1.82) is 0 Å². The SMILES string of the molecule is Cc1ccc([C@@H](CCn2ccnc2)Oc2ccc(Cl)cc2)cc1. The van der Waals surface area contributed by atoms with Crippen molar-refractivity contribution in [2.45, 2.75) is 26.0 Å². The Hall–Kier alpha value is -2.26. The number of benzene rings is 2. The Bertz CT molecular complexity index is 721. The Morgan fingerprint density at radius 1 is 1.09 bits per heavy atom. The van der Waals surface area contributed by atoms with Crippen LogP contribution in [0.1, 0.15) is 23.7 Å². The molecule has 0 fully saturated rings. The molecule has 0 saturated carbocycles. The minimum atomic E-state index is -0.0147. The Labute approximate surface area is 141 Å². The van der Waals surface area contributed by atoms with E-state index in [9.17, 15) is 0 Å². The van der Waals surface area contributed by atoms with E-state index in [-0.39, 0.29) is 6.10 Å². The van der Waals surface area contributed by atoms with E-state index in [4.69, 9.17) is 16.3 Å². The molecule has 4 heteroatoms. The topological polar surface area (TPSA) is 27.1 Å². The molecule has 3 nitrogen and oxygen atoms in total. The zero-order valence-electron chi connectivity index (χ0n) is 13.0. The van der Waals surface area contributed by atoms with Crippen molar-refractivity contribution in [3.8, 4) is 5.75 Å². The first-order valence-electron chi connectivity index (χ1n) is 7.65. The third-order valence-corrected chi connectivity index (χ3v) is 4.00. The van der Waals surface area contributed by atoms with Gasteiger partial charge in [-0.25, -0.2) is 4.98 Å². The number of ether oxygens (including phenoxy) is 1. The molecule has 23 heavy (non-hydrogen) atoms. The van der Waals surface area contributed by atoms with Gasteiger partial charge in [-0.1, -0.05) is 41.4 Å². The van der Waals surface area contributed by atoms with Crippen LogP contribution in [0.4, 0.5) is 0 Å². The van der Waals surface area contributed by atoms with Crippen molar-refractivity contribution in [2.75, 3.05) is 0 Å². The van der Waals surface area contributed by atoms with Gasteiger partial charge in [-0.2, -0.15) is 0 Å². The number of imidazole rings is 1. The van der Waals surface area contributed by atoms with Gasteiger partial charge < -0.3 is 9.30 Å². The van der Waals surface area contributed by atoms with Crippen LogP contribution in [0.25, 0.3) is 0 Å². The Kier molecular flexibility index (Phi) is 4.99. The third-order valence-electron chi connectivity index (χ3n) is 3.75. The smallest absolute Gasteiger partial charge is 0.125 e. The number of hydrogen-bond donors (Lipinski definition) is 0. The van der Waals surface area contributed by atoms with Gasteiger partial charge in [-0.15, -0.1) is 0 Å². The van der Waals surface area contributed by atoms with Gasteiger partial charge in [0.2, 0.25) is 0 Å². The van der Waals surface area contributed by atoms with Gasteiger partial charge in [0.25, 0.3) is 0 Å². The average Bonchev–Trinajstić information content (AvgIpc) is 3.08. The van der Waals surface area contributed by atoms with Crippen LogP contribution in [-0.2, 0) is 6.54 Å². The van der Waals surface area contributed by atoms with E-state index in [1.54, 1.807) is 6.20 Å². The Morgan fingerprint density at radius 2 is 1.83 bits per heavy atom. The minimum Gasteiger partial charge on any atom is -0.486 e. The zero-order chi connectivity index (χ0) is 16.1. The minimum absolute atomic E-state index is 0.0147. The van der Waals surface area contributed by atoms with Crippen LogP contribution < -0.4 is 4.74 Å². The van der Waals surface area contributed by atoms with E-state index in [0.29, 0.717) is 5.02 Å². The summed E-state index contributed by atoms with van der Waals surface area (Å²) in [6.07, 6.45) is 6.44. The highest BCUT2D eigenvalue weighted by atomic mass is 35.5. The van der Waals surface area contributed by atoms with Gasteiger partial charge >= 0.3 is 0 Å². The molecule has 1 aromatic heterocycles. The summed E-state index contributed by atoms with van der Waals surface area (Å²) in [4.78, 5) is 4.09. The van der Waals surface area contributed by atoms with E-state index in [1.807, 2.05) is 36.8 Å². The molecule has 0 aliphatic carbocycles.